The highest BCUT2D eigenvalue weighted by atomic mass is 32.2. The summed E-state index contributed by atoms with van der Waals surface area (Å²) in [7, 11) is 1.59. The first-order valence-electron chi connectivity index (χ1n) is 9.82. The topological polar surface area (TPSA) is 50.4 Å². The van der Waals surface area contributed by atoms with Crippen molar-refractivity contribution in [1.82, 2.24) is 5.32 Å². The summed E-state index contributed by atoms with van der Waals surface area (Å²) >= 11 is 1.77. The molecule has 3 aromatic carbocycles. The fourth-order valence-electron chi connectivity index (χ4n) is 3.52. The number of hydrogen-bond acceptors (Lipinski definition) is 4. The largest absolute Gasteiger partial charge is 0.497 e. The number of halogens is 1. The van der Waals surface area contributed by atoms with Crippen molar-refractivity contribution in [2.45, 2.75) is 23.9 Å². The molecular formula is C24H23FN2O2S. The fraction of sp³-hybridized carbons (Fsp3) is 0.208. The van der Waals surface area contributed by atoms with Crippen molar-refractivity contribution in [1.29, 1.82) is 0 Å². The van der Waals surface area contributed by atoms with Gasteiger partial charge in [-0.05, 0) is 77.9 Å². The van der Waals surface area contributed by atoms with Crippen LogP contribution in [0.4, 0.5) is 10.1 Å². The van der Waals surface area contributed by atoms with Gasteiger partial charge in [-0.3, -0.25) is 4.79 Å². The zero-order chi connectivity index (χ0) is 20.9. The summed E-state index contributed by atoms with van der Waals surface area (Å²) in [5.74, 6) is 1.35. The lowest BCUT2D eigenvalue weighted by atomic mass is 10.0. The van der Waals surface area contributed by atoms with Crippen LogP contribution in [-0.4, -0.2) is 18.8 Å². The van der Waals surface area contributed by atoms with Gasteiger partial charge in [0.05, 0.1) is 7.11 Å². The Kier molecular flexibility index (Phi) is 6.35. The van der Waals surface area contributed by atoms with Gasteiger partial charge in [0, 0.05) is 28.7 Å². The van der Waals surface area contributed by atoms with Crippen LogP contribution in [0.1, 0.15) is 33.9 Å². The van der Waals surface area contributed by atoms with E-state index in [0.717, 1.165) is 33.9 Å². The molecule has 0 spiro atoms. The van der Waals surface area contributed by atoms with E-state index in [0.29, 0.717) is 17.9 Å². The number of anilines is 1. The van der Waals surface area contributed by atoms with Crippen LogP contribution in [0.5, 0.6) is 5.75 Å². The molecule has 3 aromatic rings. The zero-order valence-corrected chi connectivity index (χ0v) is 17.5. The number of carbonyl (C=O) groups excluding carboxylic acids is 1. The maximum atomic E-state index is 13.7. The molecule has 6 heteroatoms. The third-order valence-corrected chi connectivity index (χ3v) is 6.22. The van der Waals surface area contributed by atoms with Gasteiger partial charge in [0.1, 0.15) is 11.6 Å². The number of methoxy groups -OCH3 is 1. The highest BCUT2D eigenvalue weighted by Gasteiger charge is 2.20. The molecule has 1 aliphatic rings. The van der Waals surface area contributed by atoms with Gasteiger partial charge in [-0.2, -0.15) is 0 Å². The van der Waals surface area contributed by atoms with E-state index in [1.807, 2.05) is 30.3 Å². The molecule has 0 fully saturated rings. The second-order valence-electron chi connectivity index (χ2n) is 7.14. The molecule has 0 saturated heterocycles. The second-order valence-corrected chi connectivity index (χ2v) is 8.27. The Morgan fingerprint density at radius 1 is 1.13 bits per heavy atom. The molecule has 4 rings (SSSR count). The Morgan fingerprint density at radius 2 is 1.97 bits per heavy atom. The summed E-state index contributed by atoms with van der Waals surface area (Å²) in [5.41, 5.74) is 3.38. The van der Waals surface area contributed by atoms with Crippen LogP contribution in [0.3, 0.4) is 0 Å². The van der Waals surface area contributed by atoms with Crippen molar-refractivity contribution < 1.29 is 13.9 Å². The van der Waals surface area contributed by atoms with Gasteiger partial charge < -0.3 is 15.4 Å². The number of fused-ring (bicyclic) bond motifs is 1. The van der Waals surface area contributed by atoms with E-state index in [2.05, 4.69) is 10.6 Å². The van der Waals surface area contributed by atoms with Crippen LogP contribution in [0.25, 0.3) is 0 Å². The quantitative estimate of drug-likeness (QED) is 0.557. The van der Waals surface area contributed by atoms with Crippen molar-refractivity contribution in [2.75, 3.05) is 18.2 Å². The molecule has 0 aliphatic carbocycles. The minimum atomic E-state index is -0.203. The number of thioether (sulfide) groups is 1. The lowest BCUT2D eigenvalue weighted by Gasteiger charge is -2.26. The first-order chi connectivity index (χ1) is 14.6. The molecule has 1 unspecified atom stereocenters. The molecule has 1 aliphatic heterocycles. The highest BCUT2D eigenvalue weighted by Crippen LogP contribution is 2.36. The van der Waals surface area contributed by atoms with Crippen molar-refractivity contribution in [2.24, 2.45) is 0 Å². The number of hydrogen-bond donors (Lipinski definition) is 2. The molecule has 2 N–H and O–H groups in total. The third-order valence-electron chi connectivity index (χ3n) is 5.10. The first-order valence-corrected chi connectivity index (χ1v) is 10.8. The third kappa shape index (κ3) is 4.83. The predicted molar refractivity (Wildman–Crippen MR) is 119 cm³/mol. The van der Waals surface area contributed by atoms with Crippen molar-refractivity contribution in [3.63, 3.8) is 0 Å². The van der Waals surface area contributed by atoms with E-state index in [-0.39, 0.29) is 17.8 Å². The van der Waals surface area contributed by atoms with Gasteiger partial charge in [-0.25, -0.2) is 4.39 Å². The second kappa shape index (κ2) is 9.32. The number of nitrogens with one attached hydrogen (secondary N) is 2. The molecule has 1 heterocycles. The minimum Gasteiger partial charge on any atom is -0.497 e. The summed E-state index contributed by atoms with van der Waals surface area (Å²) in [4.78, 5) is 13.6. The van der Waals surface area contributed by atoms with Crippen LogP contribution in [0.2, 0.25) is 0 Å². The maximum Gasteiger partial charge on any atom is 0.255 e. The summed E-state index contributed by atoms with van der Waals surface area (Å²) in [6, 6.07) is 19.9. The van der Waals surface area contributed by atoms with Gasteiger partial charge in [-0.15, -0.1) is 11.8 Å². The van der Waals surface area contributed by atoms with Gasteiger partial charge in [0.2, 0.25) is 0 Å². The molecule has 4 nitrogen and oxygen atoms in total. The van der Waals surface area contributed by atoms with Crippen LogP contribution in [-0.2, 0) is 6.54 Å². The van der Waals surface area contributed by atoms with E-state index in [9.17, 15) is 9.18 Å². The summed E-state index contributed by atoms with van der Waals surface area (Å²) in [6.07, 6.45) is 0.953. The average molecular weight is 423 g/mol. The van der Waals surface area contributed by atoms with Gasteiger partial charge >= 0.3 is 0 Å². The maximum absolute atomic E-state index is 13.7. The smallest absolute Gasteiger partial charge is 0.255 e. The Labute approximate surface area is 179 Å². The van der Waals surface area contributed by atoms with Crippen molar-refractivity contribution in [3.8, 4) is 5.75 Å². The standard InChI is InChI=1S/C24H23FN2O2S/c1-29-20-8-5-17(6-9-20)24(28)27-19-4-2-3-16(13-19)15-26-22-11-12-30-23-10-7-18(25)14-21(22)23/h2-10,13-14,22,26H,11-12,15H2,1H3,(H,27,28). The lowest BCUT2D eigenvalue weighted by molar-refractivity contribution is 0.102. The van der Waals surface area contributed by atoms with E-state index in [4.69, 9.17) is 4.74 Å². The summed E-state index contributed by atoms with van der Waals surface area (Å²) in [6.45, 7) is 0.636. The Morgan fingerprint density at radius 3 is 2.77 bits per heavy atom. The van der Waals surface area contributed by atoms with Gasteiger partial charge in [0.15, 0.2) is 0 Å². The molecule has 1 amide bonds. The van der Waals surface area contributed by atoms with Crippen LogP contribution in [0.15, 0.2) is 71.6 Å². The fourth-order valence-corrected chi connectivity index (χ4v) is 4.63. The van der Waals surface area contributed by atoms with E-state index >= 15 is 0 Å². The van der Waals surface area contributed by atoms with Crippen LogP contribution >= 0.6 is 11.8 Å². The van der Waals surface area contributed by atoms with Crippen LogP contribution in [0, 0.1) is 5.82 Å². The molecule has 30 heavy (non-hydrogen) atoms. The molecule has 0 aromatic heterocycles. The monoisotopic (exact) mass is 422 g/mol. The molecule has 154 valence electrons. The summed E-state index contributed by atoms with van der Waals surface area (Å²) < 4.78 is 18.8. The zero-order valence-electron chi connectivity index (χ0n) is 16.7. The normalized spacial score (nSPS) is 15.3. The highest BCUT2D eigenvalue weighted by molar-refractivity contribution is 7.99. The number of carbonyl (C=O) groups is 1. The molecule has 1 atom stereocenters. The SMILES string of the molecule is COc1ccc(C(=O)Nc2cccc(CNC3CCSc4ccc(F)cc43)c2)cc1. The predicted octanol–water partition coefficient (Wildman–Crippen LogP) is 5.41. The van der Waals surface area contributed by atoms with E-state index < -0.39 is 0 Å². The Balaban J connectivity index is 1.40. The number of rotatable bonds is 6. The van der Waals surface area contributed by atoms with E-state index in [1.54, 1.807) is 49.2 Å². The molecule has 0 bridgehead atoms. The van der Waals surface area contributed by atoms with Gasteiger partial charge in [-0.1, -0.05) is 12.1 Å². The Bertz CT molecular complexity index is 1040. The van der Waals surface area contributed by atoms with Crippen molar-refractivity contribution >= 4 is 23.4 Å². The molecule has 0 radical (unpaired) electrons. The summed E-state index contributed by atoms with van der Waals surface area (Å²) in [5, 5.41) is 6.48. The Hall–Kier alpha value is -2.83. The molecular weight excluding hydrogens is 399 g/mol. The van der Waals surface area contributed by atoms with E-state index in [1.165, 1.54) is 6.07 Å². The number of amides is 1. The average Bonchev–Trinajstić information content (AvgIpc) is 2.78. The first kappa shape index (κ1) is 20.4. The van der Waals surface area contributed by atoms with Crippen LogP contribution < -0.4 is 15.4 Å². The van der Waals surface area contributed by atoms with Crippen molar-refractivity contribution in [3.05, 3.63) is 89.2 Å². The molecule has 0 saturated carbocycles. The minimum absolute atomic E-state index is 0.120. The lowest BCUT2D eigenvalue weighted by Crippen LogP contribution is -2.24. The number of benzene rings is 3. The number of ether oxygens (including phenoxy) is 1. The van der Waals surface area contributed by atoms with Gasteiger partial charge in [0.25, 0.3) is 5.91 Å².